The second-order valence-corrected chi connectivity index (χ2v) is 7.07. The van der Waals surface area contributed by atoms with Crippen LogP contribution in [0, 0.1) is 28.4 Å². The molecule has 0 aliphatic rings. The second kappa shape index (κ2) is 8.58. The van der Waals surface area contributed by atoms with Crippen molar-refractivity contribution in [1.29, 1.82) is 5.26 Å². The fourth-order valence-electron chi connectivity index (χ4n) is 3.48. The van der Waals surface area contributed by atoms with Crippen molar-refractivity contribution in [2.24, 2.45) is 0 Å². The molecule has 0 aliphatic carbocycles. The Labute approximate surface area is 183 Å². The third-order valence-corrected chi connectivity index (χ3v) is 5.00. The molecule has 1 aromatic heterocycles. The Kier molecular flexibility index (Phi) is 5.51. The lowest BCUT2D eigenvalue weighted by Crippen LogP contribution is -2.12. The number of nitro benzene ring substituents is 1. The molecule has 1 amide bonds. The normalized spacial score (nSPS) is 10.4. The molecule has 4 aromatic rings. The van der Waals surface area contributed by atoms with Crippen molar-refractivity contribution in [3.63, 3.8) is 0 Å². The van der Waals surface area contributed by atoms with Gasteiger partial charge in [0.15, 0.2) is 0 Å². The highest BCUT2D eigenvalue weighted by atomic mass is 16.6. The fraction of sp³-hybridized carbons (Fsp3) is 0.0400. The summed E-state index contributed by atoms with van der Waals surface area (Å²) in [6, 6.07) is 24.8. The van der Waals surface area contributed by atoms with Gasteiger partial charge in [-0.2, -0.15) is 5.26 Å². The molecule has 0 unspecified atom stereocenters. The first-order valence-corrected chi connectivity index (χ1v) is 9.73. The van der Waals surface area contributed by atoms with Gasteiger partial charge in [0.05, 0.1) is 4.92 Å². The fourth-order valence-corrected chi connectivity index (χ4v) is 3.48. The molecule has 7 nitrogen and oxygen atoms in total. The summed E-state index contributed by atoms with van der Waals surface area (Å²) in [6.45, 7) is 1.56. The summed E-state index contributed by atoms with van der Waals surface area (Å²) < 4.78 is 6.00. The molecule has 1 N–H and O–H groups in total. The molecule has 0 spiro atoms. The van der Waals surface area contributed by atoms with E-state index in [0.29, 0.717) is 16.9 Å². The van der Waals surface area contributed by atoms with Crippen LogP contribution in [-0.2, 0) is 0 Å². The van der Waals surface area contributed by atoms with Crippen molar-refractivity contribution < 1.29 is 14.1 Å². The Morgan fingerprint density at radius 2 is 1.62 bits per heavy atom. The molecular weight excluding hydrogens is 406 g/mol. The molecule has 3 aromatic carbocycles. The number of amides is 1. The van der Waals surface area contributed by atoms with E-state index in [1.165, 1.54) is 18.2 Å². The first-order chi connectivity index (χ1) is 15.5. The average molecular weight is 423 g/mol. The lowest BCUT2D eigenvalue weighted by molar-refractivity contribution is -0.385. The van der Waals surface area contributed by atoms with Crippen LogP contribution in [0.25, 0.3) is 22.5 Å². The largest absolute Gasteiger partial charge is 0.438 e. The number of hydrogen-bond acceptors (Lipinski definition) is 5. The molecule has 32 heavy (non-hydrogen) atoms. The van der Waals surface area contributed by atoms with Crippen LogP contribution < -0.4 is 5.32 Å². The van der Waals surface area contributed by atoms with Crippen molar-refractivity contribution in [3.8, 4) is 28.5 Å². The molecule has 0 saturated heterocycles. The first-order valence-electron chi connectivity index (χ1n) is 9.73. The van der Waals surface area contributed by atoms with E-state index in [1.807, 2.05) is 60.7 Å². The Bertz CT molecular complexity index is 1350. The van der Waals surface area contributed by atoms with Crippen LogP contribution in [0.3, 0.4) is 0 Å². The van der Waals surface area contributed by atoms with Gasteiger partial charge in [-0.3, -0.25) is 20.2 Å². The van der Waals surface area contributed by atoms with Crippen molar-refractivity contribution in [2.45, 2.75) is 6.92 Å². The lowest BCUT2D eigenvalue weighted by Gasteiger charge is -2.04. The molecule has 1 heterocycles. The summed E-state index contributed by atoms with van der Waals surface area (Å²) in [4.78, 5) is 23.4. The monoisotopic (exact) mass is 423 g/mol. The highest BCUT2D eigenvalue weighted by Gasteiger charge is 2.25. The van der Waals surface area contributed by atoms with Gasteiger partial charge in [0, 0.05) is 28.3 Å². The molecule has 156 valence electrons. The molecular formula is C25H17N3O4. The zero-order valence-electron chi connectivity index (χ0n) is 17.0. The van der Waals surface area contributed by atoms with Gasteiger partial charge in [-0.1, -0.05) is 60.7 Å². The summed E-state index contributed by atoms with van der Waals surface area (Å²) in [7, 11) is 0. The van der Waals surface area contributed by atoms with Crippen LogP contribution in [0.5, 0.6) is 0 Å². The number of carbonyl (C=O) groups is 1. The van der Waals surface area contributed by atoms with Gasteiger partial charge in [-0.25, -0.2) is 0 Å². The minimum atomic E-state index is -0.535. The molecule has 0 aliphatic heterocycles. The van der Waals surface area contributed by atoms with E-state index < -0.39 is 10.8 Å². The smallest absolute Gasteiger partial charge is 0.272 e. The van der Waals surface area contributed by atoms with Gasteiger partial charge in [-0.15, -0.1) is 0 Å². The highest BCUT2D eigenvalue weighted by molar-refractivity contribution is 6.05. The van der Waals surface area contributed by atoms with Crippen LogP contribution in [0.2, 0.25) is 0 Å². The Morgan fingerprint density at radius 1 is 1.00 bits per heavy atom. The number of furan rings is 1. The third kappa shape index (κ3) is 3.85. The van der Waals surface area contributed by atoms with Crippen LogP contribution in [0.1, 0.15) is 21.5 Å². The summed E-state index contributed by atoms with van der Waals surface area (Å²) in [5, 5.41) is 23.6. The SMILES string of the molecule is Cc1cc(C(=O)Nc2oc(-c3ccccc3)c(-c3ccccc3)c2C#N)ccc1[N+](=O)[O-]. The predicted octanol–water partition coefficient (Wildman–Crippen LogP) is 5.95. The van der Waals surface area contributed by atoms with Gasteiger partial charge in [-0.05, 0) is 24.6 Å². The highest BCUT2D eigenvalue weighted by Crippen LogP contribution is 2.41. The zero-order chi connectivity index (χ0) is 22.7. The van der Waals surface area contributed by atoms with Crippen molar-refractivity contribution in [2.75, 3.05) is 5.32 Å². The quantitative estimate of drug-likeness (QED) is 0.315. The standard InChI is InChI=1S/C25H17N3O4/c1-16-14-19(12-13-21(16)28(30)31)24(29)27-25-20(15-26)22(17-8-4-2-5-9-17)23(32-25)18-10-6-3-7-11-18/h2-14H,1H3,(H,27,29). The topological polar surface area (TPSA) is 109 Å². The van der Waals surface area contributed by atoms with Crippen molar-refractivity contribution in [1.82, 2.24) is 0 Å². The van der Waals surface area contributed by atoms with Crippen LogP contribution in [0.15, 0.2) is 83.3 Å². The number of carbonyl (C=O) groups excluding carboxylic acids is 1. The van der Waals surface area contributed by atoms with Gasteiger partial charge >= 0.3 is 0 Å². The minimum absolute atomic E-state index is 0.0196. The summed E-state index contributed by atoms with van der Waals surface area (Å²) in [5.41, 5.74) is 2.81. The number of nitrogens with zero attached hydrogens (tertiary/aromatic N) is 2. The molecule has 0 atom stereocenters. The maximum absolute atomic E-state index is 12.9. The van der Waals surface area contributed by atoms with Crippen LogP contribution >= 0.6 is 0 Å². The van der Waals surface area contributed by atoms with E-state index in [-0.39, 0.29) is 22.7 Å². The van der Waals surface area contributed by atoms with E-state index >= 15 is 0 Å². The van der Waals surface area contributed by atoms with Crippen molar-refractivity contribution >= 4 is 17.5 Å². The number of hydrogen-bond donors (Lipinski definition) is 1. The lowest BCUT2D eigenvalue weighted by atomic mass is 9.98. The number of aryl methyl sites for hydroxylation is 1. The van der Waals surface area contributed by atoms with Crippen molar-refractivity contribution in [3.05, 3.63) is 106 Å². The Hall–Kier alpha value is -4.70. The maximum atomic E-state index is 12.9. The summed E-state index contributed by atoms with van der Waals surface area (Å²) in [5.74, 6) is -0.0535. The van der Waals surface area contributed by atoms with E-state index in [2.05, 4.69) is 11.4 Å². The summed E-state index contributed by atoms with van der Waals surface area (Å²) in [6.07, 6.45) is 0. The molecule has 4 rings (SSSR count). The minimum Gasteiger partial charge on any atom is -0.438 e. The van der Waals surface area contributed by atoms with E-state index in [4.69, 9.17) is 4.42 Å². The van der Waals surface area contributed by atoms with Gasteiger partial charge in [0.25, 0.3) is 11.6 Å². The molecule has 0 fully saturated rings. The van der Waals surface area contributed by atoms with E-state index in [9.17, 15) is 20.2 Å². The van der Waals surface area contributed by atoms with Gasteiger partial charge in [0.2, 0.25) is 5.88 Å². The second-order valence-electron chi connectivity index (χ2n) is 7.07. The van der Waals surface area contributed by atoms with Crippen LogP contribution in [0.4, 0.5) is 11.6 Å². The Balaban J connectivity index is 1.79. The first kappa shape index (κ1) is 20.6. The number of benzene rings is 3. The molecule has 0 bridgehead atoms. The zero-order valence-corrected chi connectivity index (χ0v) is 17.0. The molecule has 0 radical (unpaired) electrons. The number of nitriles is 1. The molecule has 7 heteroatoms. The summed E-state index contributed by atoms with van der Waals surface area (Å²) >= 11 is 0. The number of anilines is 1. The number of nitro groups is 1. The predicted molar refractivity (Wildman–Crippen MR) is 120 cm³/mol. The molecule has 0 saturated carbocycles. The Morgan fingerprint density at radius 3 is 2.19 bits per heavy atom. The van der Waals surface area contributed by atoms with E-state index in [1.54, 1.807) is 6.92 Å². The van der Waals surface area contributed by atoms with Crippen LogP contribution in [-0.4, -0.2) is 10.8 Å². The number of rotatable bonds is 5. The van der Waals surface area contributed by atoms with E-state index in [0.717, 1.165) is 11.1 Å². The van der Waals surface area contributed by atoms with Gasteiger partial charge in [0.1, 0.15) is 17.4 Å². The average Bonchev–Trinajstić information content (AvgIpc) is 3.18. The third-order valence-electron chi connectivity index (χ3n) is 5.00. The van der Waals surface area contributed by atoms with Gasteiger partial charge < -0.3 is 4.42 Å². The number of nitrogens with one attached hydrogen (secondary N) is 1. The maximum Gasteiger partial charge on any atom is 0.272 e.